The van der Waals surface area contributed by atoms with E-state index in [0.29, 0.717) is 16.5 Å². The number of rotatable bonds is 1. The van der Waals surface area contributed by atoms with Gasteiger partial charge in [0, 0.05) is 23.0 Å². The van der Waals surface area contributed by atoms with Crippen LogP contribution in [-0.2, 0) is 4.79 Å². The fourth-order valence-corrected chi connectivity index (χ4v) is 2.93. The van der Waals surface area contributed by atoms with Crippen LogP contribution in [0.25, 0.3) is 11.0 Å². The Kier molecular flexibility index (Phi) is 3.20. The Morgan fingerprint density at radius 2 is 1.87 bits per heavy atom. The first-order valence-corrected chi connectivity index (χ1v) is 7.62. The third-order valence-corrected chi connectivity index (χ3v) is 4.24. The van der Waals surface area contributed by atoms with Crippen molar-refractivity contribution in [1.29, 1.82) is 0 Å². The van der Waals surface area contributed by atoms with Gasteiger partial charge in [-0.3, -0.25) is 9.79 Å². The molecule has 3 aromatic rings. The van der Waals surface area contributed by atoms with Crippen molar-refractivity contribution in [2.75, 3.05) is 18.5 Å². The summed E-state index contributed by atoms with van der Waals surface area (Å²) in [5.41, 5.74) is 3.04. The fraction of sp³-hybridized carbons (Fsp3) is 0.111. The minimum Gasteiger partial charge on any atom is -0.452 e. The van der Waals surface area contributed by atoms with Gasteiger partial charge < -0.3 is 9.32 Å². The maximum absolute atomic E-state index is 12.3. The van der Waals surface area contributed by atoms with Gasteiger partial charge in [-0.2, -0.15) is 0 Å². The standard InChI is InChI=1S/C18H13ClN2O2/c1-21-15(22)10-20-16(11-6-8-12(19)9-7-11)18-17(21)13-4-2-3-5-14(13)23-18/h2-9H,10H2,1H3. The molecule has 0 unspecified atom stereocenters. The van der Waals surface area contributed by atoms with E-state index in [1.54, 1.807) is 24.1 Å². The van der Waals surface area contributed by atoms with E-state index in [1.807, 2.05) is 36.4 Å². The molecule has 23 heavy (non-hydrogen) atoms. The van der Waals surface area contributed by atoms with Crippen LogP contribution in [-0.4, -0.2) is 25.2 Å². The van der Waals surface area contributed by atoms with E-state index >= 15 is 0 Å². The quantitative estimate of drug-likeness (QED) is 0.681. The lowest BCUT2D eigenvalue weighted by Gasteiger charge is -2.14. The van der Waals surface area contributed by atoms with E-state index in [1.165, 1.54) is 0 Å². The summed E-state index contributed by atoms with van der Waals surface area (Å²) in [5, 5.41) is 1.56. The molecule has 4 rings (SSSR count). The molecule has 0 N–H and O–H groups in total. The number of amides is 1. The predicted octanol–water partition coefficient (Wildman–Crippen LogP) is 3.90. The minimum absolute atomic E-state index is 0.0678. The Balaban J connectivity index is 2.00. The van der Waals surface area contributed by atoms with Crippen molar-refractivity contribution in [2.45, 2.75) is 0 Å². The number of nitrogens with zero attached hydrogens (tertiary/aromatic N) is 2. The highest BCUT2D eigenvalue weighted by Crippen LogP contribution is 2.36. The maximum Gasteiger partial charge on any atom is 0.248 e. The van der Waals surface area contributed by atoms with Crippen molar-refractivity contribution in [3.05, 3.63) is 64.9 Å². The number of benzene rings is 2. The summed E-state index contributed by atoms with van der Waals surface area (Å²) in [6, 6.07) is 15.1. The van der Waals surface area contributed by atoms with E-state index in [9.17, 15) is 4.79 Å². The van der Waals surface area contributed by atoms with Gasteiger partial charge in [0.2, 0.25) is 5.91 Å². The summed E-state index contributed by atoms with van der Waals surface area (Å²) in [4.78, 5) is 18.4. The molecule has 0 saturated carbocycles. The molecule has 1 amide bonds. The van der Waals surface area contributed by atoms with Crippen molar-refractivity contribution >= 4 is 39.9 Å². The second-order valence-corrected chi connectivity index (χ2v) is 5.84. The maximum atomic E-state index is 12.3. The number of halogens is 1. The van der Waals surface area contributed by atoms with Crippen LogP contribution in [0.3, 0.4) is 0 Å². The van der Waals surface area contributed by atoms with Crippen molar-refractivity contribution in [1.82, 2.24) is 0 Å². The van der Waals surface area contributed by atoms with Gasteiger partial charge in [-0.1, -0.05) is 35.9 Å². The number of hydrogen-bond donors (Lipinski definition) is 0. The second kappa shape index (κ2) is 5.25. The van der Waals surface area contributed by atoms with Gasteiger partial charge in [-0.25, -0.2) is 0 Å². The van der Waals surface area contributed by atoms with Crippen molar-refractivity contribution in [3.63, 3.8) is 0 Å². The molecule has 0 saturated heterocycles. The molecular weight excluding hydrogens is 312 g/mol. The molecule has 0 fully saturated rings. The number of fused-ring (bicyclic) bond motifs is 3. The minimum atomic E-state index is -0.0678. The van der Waals surface area contributed by atoms with Crippen LogP contribution in [0.15, 0.2) is 57.9 Å². The average Bonchev–Trinajstić information content (AvgIpc) is 2.89. The molecular formula is C18H13ClN2O2. The van der Waals surface area contributed by atoms with E-state index in [2.05, 4.69) is 4.99 Å². The molecule has 0 aliphatic carbocycles. The van der Waals surface area contributed by atoms with Gasteiger partial charge >= 0.3 is 0 Å². The number of anilines is 1. The summed E-state index contributed by atoms with van der Waals surface area (Å²) >= 11 is 5.97. The zero-order valence-corrected chi connectivity index (χ0v) is 13.2. The Morgan fingerprint density at radius 1 is 1.13 bits per heavy atom. The van der Waals surface area contributed by atoms with E-state index in [-0.39, 0.29) is 12.5 Å². The molecule has 4 nitrogen and oxygen atoms in total. The van der Waals surface area contributed by atoms with Crippen LogP contribution in [0.2, 0.25) is 5.02 Å². The molecule has 0 atom stereocenters. The van der Waals surface area contributed by atoms with Gasteiger partial charge in [0.1, 0.15) is 17.8 Å². The molecule has 0 bridgehead atoms. The van der Waals surface area contributed by atoms with Crippen molar-refractivity contribution in [3.8, 4) is 0 Å². The van der Waals surface area contributed by atoms with Crippen LogP contribution >= 0.6 is 11.6 Å². The smallest absolute Gasteiger partial charge is 0.248 e. The first kappa shape index (κ1) is 14.0. The summed E-state index contributed by atoms with van der Waals surface area (Å²) in [7, 11) is 1.75. The zero-order chi connectivity index (χ0) is 16.0. The lowest BCUT2D eigenvalue weighted by molar-refractivity contribution is -0.116. The van der Waals surface area contributed by atoms with Gasteiger partial charge in [0.25, 0.3) is 0 Å². The van der Waals surface area contributed by atoms with Gasteiger partial charge in [0.15, 0.2) is 5.76 Å². The highest BCUT2D eigenvalue weighted by molar-refractivity contribution is 6.31. The Morgan fingerprint density at radius 3 is 2.65 bits per heavy atom. The summed E-state index contributed by atoms with van der Waals surface area (Å²) in [6.45, 7) is 0.0903. The second-order valence-electron chi connectivity index (χ2n) is 5.40. The number of para-hydroxylation sites is 1. The Hall–Kier alpha value is -2.59. The third kappa shape index (κ3) is 2.23. The van der Waals surface area contributed by atoms with Gasteiger partial charge in [0.05, 0.1) is 5.69 Å². The Labute approximate surface area is 138 Å². The Bertz CT molecular complexity index is 941. The zero-order valence-electron chi connectivity index (χ0n) is 12.4. The number of furan rings is 1. The highest BCUT2D eigenvalue weighted by Gasteiger charge is 2.28. The number of hydrogen-bond acceptors (Lipinski definition) is 3. The predicted molar refractivity (Wildman–Crippen MR) is 91.6 cm³/mol. The van der Waals surface area contributed by atoms with E-state index < -0.39 is 0 Å². The normalized spacial score (nSPS) is 14.6. The molecule has 5 heteroatoms. The SMILES string of the molecule is CN1C(=O)CN=C(c2ccc(Cl)cc2)c2oc3ccccc3c21. The average molecular weight is 325 g/mol. The first-order chi connectivity index (χ1) is 11.1. The highest BCUT2D eigenvalue weighted by atomic mass is 35.5. The van der Waals surface area contributed by atoms with Crippen molar-refractivity contribution in [2.24, 2.45) is 4.99 Å². The van der Waals surface area contributed by atoms with Crippen LogP contribution in [0.1, 0.15) is 11.3 Å². The van der Waals surface area contributed by atoms with Gasteiger partial charge in [-0.15, -0.1) is 0 Å². The molecule has 2 heterocycles. The molecule has 1 aliphatic heterocycles. The number of carbonyl (C=O) groups is 1. The van der Waals surface area contributed by atoms with Gasteiger partial charge in [-0.05, 0) is 24.3 Å². The van der Waals surface area contributed by atoms with Crippen LogP contribution in [0, 0.1) is 0 Å². The molecule has 0 radical (unpaired) electrons. The lowest BCUT2D eigenvalue weighted by atomic mass is 10.1. The number of carbonyl (C=O) groups excluding carboxylic acids is 1. The third-order valence-electron chi connectivity index (χ3n) is 3.98. The first-order valence-electron chi connectivity index (χ1n) is 7.24. The summed E-state index contributed by atoms with van der Waals surface area (Å²) in [6.07, 6.45) is 0. The lowest BCUT2D eigenvalue weighted by Crippen LogP contribution is -2.27. The molecule has 0 spiro atoms. The van der Waals surface area contributed by atoms with E-state index in [4.69, 9.17) is 16.0 Å². The molecule has 1 aromatic heterocycles. The molecule has 114 valence electrons. The van der Waals surface area contributed by atoms with E-state index in [0.717, 1.165) is 22.2 Å². The van der Waals surface area contributed by atoms with Crippen LogP contribution in [0.4, 0.5) is 5.69 Å². The number of aliphatic imine (C=N–C) groups is 1. The molecule has 1 aliphatic rings. The van der Waals surface area contributed by atoms with Crippen LogP contribution < -0.4 is 4.90 Å². The largest absolute Gasteiger partial charge is 0.452 e. The number of likely N-dealkylation sites (N-methyl/N-ethyl adjacent to an activating group) is 1. The van der Waals surface area contributed by atoms with Crippen molar-refractivity contribution < 1.29 is 9.21 Å². The van der Waals surface area contributed by atoms with Crippen LogP contribution in [0.5, 0.6) is 0 Å². The monoisotopic (exact) mass is 324 g/mol. The fourth-order valence-electron chi connectivity index (χ4n) is 2.80. The molecule has 2 aromatic carbocycles. The summed E-state index contributed by atoms with van der Waals surface area (Å²) in [5.74, 6) is 0.545. The topological polar surface area (TPSA) is 45.8 Å². The summed E-state index contributed by atoms with van der Waals surface area (Å²) < 4.78 is 6.03.